The van der Waals surface area contributed by atoms with Crippen molar-refractivity contribution in [1.29, 1.82) is 0 Å². The lowest BCUT2D eigenvalue weighted by Crippen LogP contribution is -2.21. The van der Waals surface area contributed by atoms with Gasteiger partial charge in [0.25, 0.3) is 0 Å². The second-order valence-corrected chi connectivity index (χ2v) is 10.6. The molecule has 0 spiro atoms. The molecule has 3 nitrogen and oxygen atoms in total. The van der Waals surface area contributed by atoms with E-state index in [4.69, 9.17) is 0 Å². The van der Waals surface area contributed by atoms with Crippen LogP contribution in [-0.4, -0.2) is 35.8 Å². The summed E-state index contributed by atoms with van der Waals surface area (Å²) in [6, 6.07) is 26.6. The molecule has 0 fully saturated rings. The predicted octanol–water partition coefficient (Wildman–Crippen LogP) is 7.00. The van der Waals surface area contributed by atoms with Gasteiger partial charge in [-0.25, -0.2) is 13.2 Å². The summed E-state index contributed by atoms with van der Waals surface area (Å²) in [6.07, 6.45) is 0. The van der Waals surface area contributed by atoms with E-state index in [1.165, 1.54) is 53.1 Å². The first-order valence-electron chi connectivity index (χ1n) is 13.1. The smallest absolute Gasteiger partial charge is 0.123 e. The van der Waals surface area contributed by atoms with Crippen LogP contribution in [0.2, 0.25) is 0 Å². The monoisotopic (exact) mass is 531 g/mol. The van der Waals surface area contributed by atoms with E-state index < -0.39 is 0 Å². The zero-order valence-corrected chi connectivity index (χ0v) is 22.9. The summed E-state index contributed by atoms with van der Waals surface area (Å²) in [6.45, 7) is 4.41. The van der Waals surface area contributed by atoms with Gasteiger partial charge in [0.05, 0.1) is 0 Å². The van der Waals surface area contributed by atoms with Crippen LogP contribution in [0.1, 0.15) is 33.4 Å². The quantitative estimate of drug-likeness (QED) is 0.195. The minimum atomic E-state index is -0.228. The lowest BCUT2D eigenvalue weighted by atomic mass is 10.0. The first-order chi connectivity index (χ1) is 18.7. The molecule has 0 aromatic heterocycles. The van der Waals surface area contributed by atoms with Crippen LogP contribution in [0, 0.1) is 17.5 Å². The number of hydrogen-bond acceptors (Lipinski definition) is 3. The molecule has 0 bridgehead atoms. The van der Waals surface area contributed by atoms with E-state index in [1.807, 2.05) is 36.4 Å². The normalized spacial score (nSPS) is 11.6. The van der Waals surface area contributed by atoms with Crippen LogP contribution in [0.5, 0.6) is 0 Å². The lowest BCUT2D eigenvalue weighted by molar-refractivity contribution is 0.308. The minimum Gasteiger partial charge on any atom is -0.298 e. The third-order valence-corrected chi connectivity index (χ3v) is 6.57. The van der Waals surface area contributed by atoms with Crippen LogP contribution in [-0.2, 0) is 39.3 Å². The van der Waals surface area contributed by atoms with Crippen LogP contribution >= 0.6 is 0 Å². The maximum atomic E-state index is 13.3. The standard InChI is InChI=1S/C33H36F3N3/c1-37(19-25-4-10-31(34)11-5-25)22-28-16-29(23-38(2)20-26-6-12-32(35)13-7-26)18-30(17-28)24-39(3)21-27-8-14-33(36)15-9-27/h4-18H,19-24H2,1-3H3. The van der Waals surface area contributed by atoms with Crippen molar-refractivity contribution < 1.29 is 13.2 Å². The molecular weight excluding hydrogens is 495 g/mol. The second-order valence-electron chi connectivity index (χ2n) is 10.6. The van der Waals surface area contributed by atoms with E-state index in [-0.39, 0.29) is 17.5 Å². The molecule has 0 unspecified atom stereocenters. The Morgan fingerprint density at radius 1 is 0.359 bits per heavy atom. The Bertz CT molecular complexity index is 1140. The second kappa shape index (κ2) is 13.6. The molecule has 0 atom stereocenters. The van der Waals surface area contributed by atoms with E-state index in [0.717, 1.165) is 56.0 Å². The number of benzene rings is 4. The molecule has 39 heavy (non-hydrogen) atoms. The molecule has 6 heteroatoms. The summed E-state index contributed by atoms with van der Waals surface area (Å²) in [5, 5.41) is 0. The van der Waals surface area contributed by atoms with E-state index in [2.05, 4.69) is 54.0 Å². The molecule has 0 aliphatic rings. The van der Waals surface area contributed by atoms with Crippen molar-refractivity contribution in [2.75, 3.05) is 21.1 Å². The summed E-state index contributed by atoms with van der Waals surface area (Å²) in [5.74, 6) is -0.685. The number of nitrogens with zero attached hydrogens (tertiary/aromatic N) is 3. The van der Waals surface area contributed by atoms with Crippen LogP contribution in [0.15, 0.2) is 91.0 Å². The third-order valence-electron chi connectivity index (χ3n) is 6.57. The van der Waals surface area contributed by atoms with Gasteiger partial charge in [-0.3, -0.25) is 14.7 Å². The van der Waals surface area contributed by atoms with E-state index in [1.54, 1.807) is 0 Å². The molecule has 0 saturated carbocycles. The number of halogens is 3. The van der Waals surface area contributed by atoms with Crippen LogP contribution in [0.3, 0.4) is 0 Å². The van der Waals surface area contributed by atoms with Crippen molar-refractivity contribution in [1.82, 2.24) is 14.7 Å². The highest BCUT2D eigenvalue weighted by atomic mass is 19.1. The SMILES string of the molecule is CN(Cc1ccc(F)cc1)Cc1cc(CN(C)Cc2ccc(F)cc2)cc(CN(C)Cc2ccc(F)cc2)c1. The topological polar surface area (TPSA) is 9.72 Å². The highest BCUT2D eigenvalue weighted by Crippen LogP contribution is 2.19. The van der Waals surface area contributed by atoms with Crippen LogP contribution in [0.25, 0.3) is 0 Å². The van der Waals surface area contributed by atoms with Gasteiger partial charge in [0.1, 0.15) is 17.5 Å². The Kier molecular flexibility index (Phi) is 9.93. The van der Waals surface area contributed by atoms with Crippen molar-refractivity contribution >= 4 is 0 Å². The first-order valence-corrected chi connectivity index (χ1v) is 13.1. The molecule has 0 heterocycles. The Morgan fingerprint density at radius 3 is 0.795 bits per heavy atom. The molecule has 4 aromatic carbocycles. The van der Waals surface area contributed by atoms with Crippen molar-refractivity contribution in [2.45, 2.75) is 39.3 Å². The van der Waals surface area contributed by atoms with Gasteiger partial charge in [-0.15, -0.1) is 0 Å². The van der Waals surface area contributed by atoms with Gasteiger partial charge in [-0.1, -0.05) is 54.6 Å². The van der Waals surface area contributed by atoms with Gasteiger partial charge in [0.15, 0.2) is 0 Å². The largest absolute Gasteiger partial charge is 0.298 e. The predicted molar refractivity (Wildman–Crippen MR) is 151 cm³/mol. The van der Waals surface area contributed by atoms with Crippen molar-refractivity contribution in [2.24, 2.45) is 0 Å². The molecule has 4 aromatic rings. The summed E-state index contributed by atoms with van der Waals surface area (Å²) < 4.78 is 40.0. The Hall–Kier alpha value is -3.45. The zero-order chi connectivity index (χ0) is 27.8. The molecule has 4 rings (SSSR count). The fraction of sp³-hybridized carbons (Fsp3) is 0.273. The zero-order valence-electron chi connectivity index (χ0n) is 22.9. The van der Waals surface area contributed by atoms with Gasteiger partial charge >= 0.3 is 0 Å². The van der Waals surface area contributed by atoms with Crippen molar-refractivity contribution in [3.63, 3.8) is 0 Å². The van der Waals surface area contributed by atoms with Gasteiger partial charge < -0.3 is 0 Å². The van der Waals surface area contributed by atoms with E-state index in [0.29, 0.717) is 0 Å². The fourth-order valence-electron chi connectivity index (χ4n) is 4.92. The third kappa shape index (κ3) is 9.36. The van der Waals surface area contributed by atoms with Crippen LogP contribution < -0.4 is 0 Å². The molecule has 0 amide bonds. The van der Waals surface area contributed by atoms with Crippen molar-refractivity contribution in [3.8, 4) is 0 Å². The molecule has 0 radical (unpaired) electrons. The summed E-state index contributed by atoms with van der Waals surface area (Å²) in [7, 11) is 6.20. The average Bonchev–Trinajstić information content (AvgIpc) is 2.88. The summed E-state index contributed by atoms with van der Waals surface area (Å²) in [4.78, 5) is 6.67. The average molecular weight is 532 g/mol. The molecular formula is C33H36F3N3. The van der Waals surface area contributed by atoms with Gasteiger partial charge in [0, 0.05) is 39.3 Å². The van der Waals surface area contributed by atoms with Crippen LogP contribution in [0.4, 0.5) is 13.2 Å². The van der Waals surface area contributed by atoms with E-state index >= 15 is 0 Å². The van der Waals surface area contributed by atoms with Gasteiger partial charge in [-0.05, 0) is 90.9 Å². The highest BCUT2D eigenvalue weighted by Gasteiger charge is 2.10. The maximum Gasteiger partial charge on any atom is 0.123 e. The maximum absolute atomic E-state index is 13.3. The Morgan fingerprint density at radius 2 is 0.564 bits per heavy atom. The first kappa shape index (κ1) is 28.6. The molecule has 0 aliphatic carbocycles. The minimum absolute atomic E-state index is 0.228. The Labute approximate surface area is 230 Å². The molecule has 0 N–H and O–H groups in total. The molecule has 0 saturated heterocycles. The number of hydrogen-bond donors (Lipinski definition) is 0. The summed E-state index contributed by atoms with van der Waals surface area (Å²) in [5.41, 5.74) is 6.81. The molecule has 204 valence electrons. The van der Waals surface area contributed by atoms with Crippen molar-refractivity contribution in [3.05, 3.63) is 142 Å². The van der Waals surface area contributed by atoms with Gasteiger partial charge in [-0.2, -0.15) is 0 Å². The Balaban J connectivity index is 1.48. The summed E-state index contributed by atoms with van der Waals surface area (Å²) >= 11 is 0. The van der Waals surface area contributed by atoms with Gasteiger partial charge in [0.2, 0.25) is 0 Å². The molecule has 0 aliphatic heterocycles. The highest BCUT2D eigenvalue weighted by molar-refractivity contribution is 5.31. The fourth-order valence-corrected chi connectivity index (χ4v) is 4.92. The van der Waals surface area contributed by atoms with E-state index in [9.17, 15) is 13.2 Å². The lowest BCUT2D eigenvalue weighted by Gasteiger charge is -2.22. The number of rotatable bonds is 12.